The second-order valence-corrected chi connectivity index (χ2v) is 3.38. The molecule has 1 spiro atoms. The summed E-state index contributed by atoms with van der Waals surface area (Å²) < 4.78 is 0. The maximum atomic E-state index is 2.47. The van der Waals surface area contributed by atoms with Crippen LogP contribution in [0.3, 0.4) is 0 Å². The first-order valence-electron chi connectivity index (χ1n) is 3.49. The number of allylic oxidation sites excluding steroid dienone is 2. The molecule has 0 atom stereocenters. The van der Waals surface area contributed by atoms with Crippen molar-refractivity contribution >= 4 is 0 Å². The first kappa shape index (κ1) is 4.60. The molecule has 2 rings (SSSR count). The monoisotopic (exact) mass is 108 g/mol. The molecule has 0 amide bonds. The predicted octanol–water partition coefficient (Wildman–Crippen LogP) is 2.51. The van der Waals surface area contributed by atoms with Crippen LogP contribution >= 0.6 is 0 Å². The van der Waals surface area contributed by atoms with E-state index in [4.69, 9.17) is 0 Å². The van der Waals surface area contributed by atoms with Gasteiger partial charge in [0.05, 0.1) is 0 Å². The van der Waals surface area contributed by atoms with Crippen LogP contribution in [0.15, 0.2) is 11.6 Å². The molecule has 0 saturated heterocycles. The Hall–Kier alpha value is -0.260. The zero-order valence-electron chi connectivity index (χ0n) is 5.41. The van der Waals surface area contributed by atoms with Gasteiger partial charge < -0.3 is 0 Å². The van der Waals surface area contributed by atoms with E-state index in [2.05, 4.69) is 13.0 Å². The highest BCUT2D eigenvalue weighted by Crippen LogP contribution is 2.53. The van der Waals surface area contributed by atoms with Gasteiger partial charge in [-0.3, -0.25) is 0 Å². The minimum Gasteiger partial charge on any atom is -0.0790 e. The third kappa shape index (κ3) is 0.410. The third-order valence-electron chi connectivity index (χ3n) is 2.53. The number of hydrogen-bond acceptors (Lipinski definition) is 0. The lowest BCUT2D eigenvalue weighted by molar-refractivity contribution is 0.173. The van der Waals surface area contributed by atoms with Gasteiger partial charge in [0, 0.05) is 0 Å². The summed E-state index contributed by atoms with van der Waals surface area (Å²) >= 11 is 0. The van der Waals surface area contributed by atoms with Crippen LogP contribution in [0.25, 0.3) is 0 Å². The van der Waals surface area contributed by atoms with Crippen LogP contribution in [0.5, 0.6) is 0 Å². The Morgan fingerprint density at radius 1 is 1.50 bits per heavy atom. The van der Waals surface area contributed by atoms with E-state index in [0.717, 1.165) is 5.41 Å². The van der Waals surface area contributed by atoms with Gasteiger partial charge in [-0.1, -0.05) is 18.1 Å². The van der Waals surface area contributed by atoms with Gasteiger partial charge in [-0.05, 0) is 31.6 Å². The van der Waals surface area contributed by atoms with Gasteiger partial charge in [-0.15, -0.1) is 0 Å². The molecule has 0 aromatic heterocycles. The lowest BCUT2D eigenvalue weighted by atomic mass is 9.59. The van der Waals surface area contributed by atoms with Crippen LogP contribution in [0.1, 0.15) is 32.6 Å². The predicted molar refractivity (Wildman–Crippen MR) is 34.7 cm³/mol. The van der Waals surface area contributed by atoms with Crippen LogP contribution < -0.4 is 0 Å². The van der Waals surface area contributed by atoms with Crippen molar-refractivity contribution in [3.63, 3.8) is 0 Å². The van der Waals surface area contributed by atoms with E-state index in [1.54, 1.807) is 5.57 Å². The van der Waals surface area contributed by atoms with Crippen LogP contribution in [0.2, 0.25) is 0 Å². The summed E-state index contributed by atoms with van der Waals surface area (Å²) in [5.41, 5.74) is 2.37. The molecular formula is C8H12. The third-order valence-corrected chi connectivity index (χ3v) is 2.53. The quantitative estimate of drug-likeness (QED) is 0.418. The molecular weight excluding hydrogens is 96.1 g/mol. The van der Waals surface area contributed by atoms with E-state index in [1.807, 2.05) is 0 Å². The van der Waals surface area contributed by atoms with Crippen molar-refractivity contribution in [2.75, 3.05) is 0 Å². The summed E-state index contributed by atoms with van der Waals surface area (Å²) in [6.07, 6.45) is 8.31. The first-order valence-corrected chi connectivity index (χ1v) is 3.49. The maximum Gasteiger partial charge on any atom is -0.00786 e. The van der Waals surface area contributed by atoms with E-state index in [9.17, 15) is 0 Å². The Kier molecular flexibility index (Phi) is 0.677. The van der Waals surface area contributed by atoms with Crippen molar-refractivity contribution in [1.82, 2.24) is 0 Å². The molecule has 0 heterocycles. The Morgan fingerprint density at radius 2 is 2.12 bits per heavy atom. The van der Waals surface area contributed by atoms with E-state index >= 15 is 0 Å². The standard InChI is InChI=1S/C8H12/c1-7-5-8(6-7)3-2-4-8/h5H,2-4,6H2,1H3. The van der Waals surface area contributed by atoms with Crippen molar-refractivity contribution in [3.05, 3.63) is 11.6 Å². The Bertz CT molecular complexity index is 138. The highest BCUT2D eigenvalue weighted by atomic mass is 14.4. The van der Waals surface area contributed by atoms with E-state index in [-0.39, 0.29) is 0 Å². The number of rotatable bonds is 0. The Balaban J connectivity index is 2.12. The topological polar surface area (TPSA) is 0 Å². The van der Waals surface area contributed by atoms with Crippen LogP contribution in [-0.4, -0.2) is 0 Å². The molecule has 1 saturated carbocycles. The fourth-order valence-corrected chi connectivity index (χ4v) is 2.00. The van der Waals surface area contributed by atoms with Gasteiger partial charge in [-0.25, -0.2) is 0 Å². The fraction of sp³-hybridized carbons (Fsp3) is 0.750. The molecule has 0 N–H and O–H groups in total. The Morgan fingerprint density at radius 3 is 2.25 bits per heavy atom. The molecule has 8 heavy (non-hydrogen) atoms. The summed E-state index contributed by atoms with van der Waals surface area (Å²) in [7, 11) is 0. The molecule has 0 aliphatic heterocycles. The minimum absolute atomic E-state index is 0.754. The summed E-state index contributed by atoms with van der Waals surface area (Å²) in [5, 5.41) is 0. The maximum absolute atomic E-state index is 2.47. The number of hydrogen-bond donors (Lipinski definition) is 0. The molecule has 0 nitrogen and oxygen atoms in total. The zero-order valence-corrected chi connectivity index (χ0v) is 5.41. The zero-order chi connectivity index (χ0) is 5.61. The highest BCUT2D eigenvalue weighted by Gasteiger charge is 2.39. The highest BCUT2D eigenvalue weighted by molar-refractivity contribution is 5.24. The average Bonchev–Trinajstić information content (AvgIpc) is 1.51. The van der Waals surface area contributed by atoms with Crippen molar-refractivity contribution in [3.8, 4) is 0 Å². The molecule has 44 valence electrons. The van der Waals surface area contributed by atoms with Crippen LogP contribution in [0, 0.1) is 5.41 Å². The average molecular weight is 108 g/mol. The van der Waals surface area contributed by atoms with Crippen molar-refractivity contribution in [2.24, 2.45) is 5.41 Å². The van der Waals surface area contributed by atoms with E-state index in [1.165, 1.54) is 25.7 Å². The van der Waals surface area contributed by atoms with Gasteiger partial charge in [-0.2, -0.15) is 0 Å². The normalized spacial score (nSPS) is 30.9. The smallest absolute Gasteiger partial charge is 0.00786 e. The van der Waals surface area contributed by atoms with Crippen LogP contribution in [-0.2, 0) is 0 Å². The van der Waals surface area contributed by atoms with E-state index < -0.39 is 0 Å². The van der Waals surface area contributed by atoms with Gasteiger partial charge in [0.2, 0.25) is 0 Å². The summed E-state index contributed by atoms with van der Waals surface area (Å²) in [4.78, 5) is 0. The van der Waals surface area contributed by atoms with Crippen LogP contribution in [0.4, 0.5) is 0 Å². The molecule has 0 aromatic rings. The molecule has 2 aliphatic carbocycles. The molecule has 1 fully saturated rings. The summed E-state index contributed by atoms with van der Waals surface area (Å²) in [5.74, 6) is 0. The first-order chi connectivity index (χ1) is 3.81. The SMILES string of the molecule is CC1=CC2(CCC2)C1. The molecule has 2 aliphatic rings. The summed E-state index contributed by atoms with van der Waals surface area (Å²) in [6, 6.07) is 0. The van der Waals surface area contributed by atoms with Gasteiger partial charge in [0.1, 0.15) is 0 Å². The summed E-state index contributed by atoms with van der Waals surface area (Å²) in [6.45, 7) is 2.24. The molecule has 0 aromatic carbocycles. The van der Waals surface area contributed by atoms with E-state index in [0.29, 0.717) is 0 Å². The van der Waals surface area contributed by atoms with Crippen molar-refractivity contribution in [1.29, 1.82) is 0 Å². The molecule has 0 radical (unpaired) electrons. The van der Waals surface area contributed by atoms with Gasteiger partial charge in [0.25, 0.3) is 0 Å². The fourth-order valence-electron chi connectivity index (χ4n) is 2.00. The molecule has 0 bridgehead atoms. The molecule has 0 unspecified atom stereocenters. The lowest BCUT2D eigenvalue weighted by Gasteiger charge is -2.46. The Labute approximate surface area is 50.6 Å². The largest absolute Gasteiger partial charge is 0.0790 e. The lowest BCUT2D eigenvalue weighted by Crippen LogP contribution is -2.33. The second kappa shape index (κ2) is 1.18. The second-order valence-electron chi connectivity index (χ2n) is 3.38. The van der Waals surface area contributed by atoms with Crippen molar-refractivity contribution < 1.29 is 0 Å². The molecule has 0 heteroatoms. The van der Waals surface area contributed by atoms with Gasteiger partial charge in [0.15, 0.2) is 0 Å². The van der Waals surface area contributed by atoms with Crippen molar-refractivity contribution in [2.45, 2.75) is 32.6 Å². The van der Waals surface area contributed by atoms with Gasteiger partial charge >= 0.3 is 0 Å². The minimum atomic E-state index is 0.754.